The predicted molar refractivity (Wildman–Crippen MR) is 107 cm³/mol. The standard InChI is InChI=1S/C23H17FN2O/c1-16-7-6-9-18(15-16)26-22(14-13-17-8-2-4-11-20(17)24)25-21-12-5-3-10-19(21)23(26)27/h2-15H,1H3. The number of halogens is 1. The summed E-state index contributed by atoms with van der Waals surface area (Å²) in [5, 5.41) is 0.544. The number of para-hydroxylation sites is 1. The molecular weight excluding hydrogens is 339 g/mol. The molecule has 0 N–H and O–H groups in total. The third-order valence-corrected chi connectivity index (χ3v) is 4.38. The maximum absolute atomic E-state index is 14.0. The van der Waals surface area contributed by atoms with Crippen LogP contribution in [0.15, 0.2) is 77.6 Å². The Balaban J connectivity index is 1.97. The second-order valence-electron chi connectivity index (χ2n) is 6.32. The van der Waals surface area contributed by atoms with E-state index in [-0.39, 0.29) is 11.4 Å². The van der Waals surface area contributed by atoms with Crippen LogP contribution < -0.4 is 5.56 Å². The van der Waals surface area contributed by atoms with Crippen LogP contribution in [0.1, 0.15) is 17.0 Å². The Kier molecular flexibility index (Phi) is 4.38. The smallest absolute Gasteiger partial charge is 0.266 e. The summed E-state index contributed by atoms with van der Waals surface area (Å²) in [6.45, 7) is 1.97. The number of fused-ring (bicyclic) bond motifs is 1. The van der Waals surface area contributed by atoms with Gasteiger partial charge in [0, 0.05) is 5.56 Å². The summed E-state index contributed by atoms with van der Waals surface area (Å²) in [7, 11) is 0. The van der Waals surface area contributed by atoms with Gasteiger partial charge < -0.3 is 0 Å². The Morgan fingerprint density at radius 1 is 0.926 bits per heavy atom. The number of aryl methyl sites for hydroxylation is 1. The van der Waals surface area contributed by atoms with Crippen molar-refractivity contribution in [3.05, 3.63) is 106 Å². The molecule has 4 aromatic rings. The van der Waals surface area contributed by atoms with E-state index in [0.29, 0.717) is 22.3 Å². The van der Waals surface area contributed by atoms with Gasteiger partial charge in [0.05, 0.1) is 16.6 Å². The minimum Gasteiger partial charge on any atom is -0.268 e. The third-order valence-electron chi connectivity index (χ3n) is 4.38. The Morgan fingerprint density at radius 3 is 2.52 bits per heavy atom. The molecule has 0 bridgehead atoms. The molecule has 0 atom stereocenters. The first-order valence-corrected chi connectivity index (χ1v) is 8.65. The van der Waals surface area contributed by atoms with E-state index in [4.69, 9.17) is 0 Å². The van der Waals surface area contributed by atoms with Crippen LogP contribution in [-0.4, -0.2) is 9.55 Å². The maximum atomic E-state index is 14.0. The van der Waals surface area contributed by atoms with Crippen LogP contribution >= 0.6 is 0 Å². The highest BCUT2D eigenvalue weighted by Gasteiger charge is 2.11. The molecule has 0 spiro atoms. The molecule has 1 heterocycles. The van der Waals surface area contributed by atoms with E-state index in [1.165, 1.54) is 6.07 Å². The quantitative estimate of drug-likeness (QED) is 0.517. The van der Waals surface area contributed by atoms with Gasteiger partial charge in [-0.25, -0.2) is 9.37 Å². The molecule has 132 valence electrons. The minimum absolute atomic E-state index is 0.153. The van der Waals surface area contributed by atoms with Crippen LogP contribution in [0.4, 0.5) is 4.39 Å². The molecule has 0 saturated heterocycles. The van der Waals surface area contributed by atoms with Crippen LogP contribution in [-0.2, 0) is 0 Å². The van der Waals surface area contributed by atoms with E-state index in [1.807, 2.05) is 43.3 Å². The van der Waals surface area contributed by atoms with Crippen LogP contribution in [0.5, 0.6) is 0 Å². The molecule has 0 aliphatic carbocycles. The second kappa shape index (κ2) is 7.00. The number of rotatable bonds is 3. The monoisotopic (exact) mass is 356 g/mol. The molecule has 1 aromatic heterocycles. The topological polar surface area (TPSA) is 34.9 Å². The van der Waals surface area contributed by atoms with Gasteiger partial charge in [0.25, 0.3) is 5.56 Å². The highest BCUT2D eigenvalue weighted by Crippen LogP contribution is 2.17. The molecule has 0 radical (unpaired) electrons. The van der Waals surface area contributed by atoms with Crippen molar-refractivity contribution >= 4 is 23.1 Å². The molecule has 0 saturated carbocycles. The fourth-order valence-corrected chi connectivity index (χ4v) is 3.05. The van der Waals surface area contributed by atoms with Gasteiger partial charge in [-0.2, -0.15) is 0 Å². The summed E-state index contributed by atoms with van der Waals surface area (Å²) in [4.78, 5) is 17.8. The first-order valence-electron chi connectivity index (χ1n) is 8.65. The van der Waals surface area contributed by atoms with Crippen LogP contribution in [0.3, 0.4) is 0 Å². The summed E-state index contributed by atoms with van der Waals surface area (Å²) in [6.07, 6.45) is 3.31. The van der Waals surface area contributed by atoms with Crippen LogP contribution in [0.2, 0.25) is 0 Å². The van der Waals surface area contributed by atoms with E-state index in [9.17, 15) is 9.18 Å². The Bertz CT molecular complexity index is 1220. The van der Waals surface area contributed by atoms with Gasteiger partial charge >= 0.3 is 0 Å². The predicted octanol–water partition coefficient (Wildman–Crippen LogP) is 5.00. The molecule has 4 heteroatoms. The zero-order valence-electron chi connectivity index (χ0n) is 14.8. The Hall–Kier alpha value is -3.53. The van der Waals surface area contributed by atoms with Crippen molar-refractivity contribution in [2.75, 3.05) is 0 Å². The first kappa shape index (κ1) is 16.9. The zero-order chi connectivity index (χ0) is 18.8. The highest BCUT2D eigenvalue weighted by atomic mass is 19.1. The fraction of sp³-hybridized carbons (Fsp3) is 0.0435. The van der Waals surface area contributed by atoms with Gasteiger partial charge in [-0.3, -0.25) is 9.36 Å². The van der Waals surface area contributed by atoms with E-state index in [1.54, 1.807) is 47.1 Å². The van der Waals surface area contributed by atoms with Crippen molar-refractivity contribution in [1.29, 1.82) is 0 Å². The van der Waals surface area contributed by atoms with Crippen LogP contribution in [0.25, 0.3) is 28.7 Å². The second-order valence-corrected chi connectivity index (χ2v) is 6.32. The maximum Gasteiger partial charge on any atom is 0.266 e. The van der Waals surface area contributed by atoms with E-state index < -0.39 is 0 Å². The molecule has 0 amide bonds. The lowest BCUT2D eigenvalue weighted by atomic mass is 10.1. The summed E-state index contributed by atoms with van der Waals surface area (Å²) in [6, 6.07) is 21.4. The average molecular weight is 356 g/mol. The van der Waals surface area contributed by atoms with Gasteiger partial charge in [-0.05, 0) is 55.0 Å². The number of hydrogen-bond acceptors (Lipinski definition) is 2. The largest absolute Gasteiger partial charge is 0.268 e. The molecule has 27 heavy (non-hydrogen) atoms. The van der Waals surface area contributed by atoms with E-state index in [0.717, 1.165) is 11.3 Å². The molecule has 3 nitrogen and oxygen atoms in total. The van der Waals surface area contributed by atoms with E-state index >= 15 is 0 Å². The number of benzene rings is 3. The molecule has 0 aliphatic heterocycles. The Labute approximate surface area is 156 Å². The third kappa shape index (κ3) is 3.29. The van der Waals surface area contributed by atoms with Crippen molar-refractivity contribution in [1.82, 2.24) is 9.55 Å². The van der Waals surface area contributed by atoms with Gasteiger partial charge in [0.1, 0.15) is 11.6 Å². The minimum atomic E-state index is -0.320. The molecule has 0 fully saturated rings. The molecule has 0 aliphatic rings. The lowest BCUT2D eigenvalue weighted by Crippen LogP contribution is -2.22. The molecule has 3 aromatic carbocycles. The van der Waals surface area contributed by atoms with Crippen LogP contribution in [0, 0.1) is 12.7 Å². The first-order chi connectivity index (χ1) is 13.1. The van der Waals surface area contributed by atoms with Gasteiger partial charge in [0.2, 0.25) is 0 Å². The van der Waals surface area contributed by atoms with Crippen molar-refractivity contribution < 1.29 is 4.39 Å². The van der Waals surface area contributed by atoms with Gasteiger partial charge in [-0.1, -0.05) is 42.5 Å². The zero-order valence-corrected chi connectivity index (χ0v) is 14.8. The normalized spacial score (nSPS) is 11.3. The average Bonchev–Trinajstić information content (AvgIpc) is 2.67. The lowest BCUT2D eigenvalue weighted by molar-refractivity contribution is 0.625. The highest BCUT2D eigenvalue weighted by molar-refractivity contribution is 5.80. The molecular formula is C23H17FN2O. The number of nitrogens with zero attached hydrogens (tertiary/aromatic N) is 2. The summed E-state index contributed by atoms with van der Waals surface area (Å²) < 4.78 is 15.5. The van der Waals surface area contributed by atoms with Crippen molar-refractivity contribution in [2.45, 2.75) is 6.92 Å². The lowest BCUT2D eigenvalue weighted by Gasteiger charge is -2.12. The van der Waals surface area contributed by atoms with E-state index in [2.05, 4.69) is 4.98 Å². The van der Waals surface area contributed by atoms with Crippen molar-refractivity contribution in [3.8, 4) is 5.69 Å². The summed E-state index contributed by atoms with van der Waals surface area (Å²) in [5.74, 6) is 0.131. The summed E-state index contributed by atoms with van der Waals surface area (Å²) in [5.41, 5.74) is 2.66. The number of aromatic nitrogens is 2. The number of hydrogen-bond donors (Lipinski definition) is 0. The molecule has 0 unspecified atom stereocenters. The van der Waals surface area contributed by atoms with Gasteiger partial charge in [0.15, 0.2) is 0 Å². The van der Waals surface area contributed by atoms with Crippen molar-refractivity contribution in [2.24, 2.45) is 0 Å². The van der Waals surface area contributed by atoms with Gasteiger partial charge in [-0.15, -0.1) is 0 Å². The Morgan fingerprint density at radius 2 is 1.70 bits per heavy atom. The molecule has 4 rings (SSSR count). The van der Waals surface area contributed by atoms with Crippen molar-refractivity contribution in [3.63, 3.8) is 0 Å². The SMILES string of the molecule is Cc1cccc(-n2c(C=Cc3ccccc3F)nc3ccccc3c2=O)c1. The fourth-order valence-electron chi connectivity index (χ4n) is 3.05. The summed E-state index contributed by atoms with van der Waals surface area (Å²) >= 11 is 0.